The molecule has 0 aliphatic rings. The maximum Gasteiger partial charge on any atom is 0.446 e. The molecule has 98 valence electrons. The first-order valence-electron chi connectivity index (χ1n) is 4.71. The lowest BCUT2D eigenvalue weighted by Crippen LogP contribution is -1.99. The Morgan fingerprint density at radius 3 is 2.47 bits per heavy atom. The normalized spacial score (nSPS) is 10.2. The molecule has 0 heterocycles. The number of hydrogen-bond acceptors (Lipinski definition) is 5. The van der Waals surface area contributed by atoms with Crippen molar-refractivity contribution in [1.82, 2.24) is 0 Å². The Bertz CT molecular complexity index is 568. The summed E-state index contributed by atoms with van der Waals surface area (Å²) < 4.78 is 36.5. The van der Waals surface area contributed by atoms with Crippen molar-refractivity contribution in [2.24, 2.45) is 0 Å². The van der Waals surface area contributed by atoms with Crippen LogP contribution in [0.4, 0.5) is 18.9 Å². The maximum absolute atomic E-state index is 12.2. The van der Waals surface area contributed by atoms with E-state index in [9.17, 15) is 18.3 Å². The molecule has 0 radical (unpaired) electrons. The molecule has 0 spiro atoms. The minimum atomic E-state index is -4.44. The van der Waals surface area contributed by atoms with Gasteiger partial charge in [-0.1, -0.05) is 0 Å². The third-order valence-corrected chi connectivity index (χ3v) is 2.54. The van der Waals surface area contributed by atoms with Gasteiger partial charge in [0.05, 0.1) is 5.69 Å². The van der Waals surface area contributed by atoms with Gasteiger partial charge in [-0.05, 0) is 30.0 Å². The van der Waals surface area contributed by atoms with Gasteiger partial charge in [0.2, 0.25) is 0 Å². The van der Waals surface area contributed by atoms with Crippen LogP contribution in [-0.4, -0.2) is 10.6 Å². The molecule has 0 fully saturated rings. The van der Waals surface area contributed by atoms with Gasteiger partial charge in [0, 0.05) is 11.1 Å². The predicted octanol–water partition coefficient (Wildman–Crippen LogP) is 3.35. The number of halogens is 3. The van der Waals surface area contributed by atoms with Gasteiger partial charge in [-0.25, -0.2) is 0 Å². The van der Waals surface area contributed by atoms with E-state index in [2.05, 4.69) is 5.32 Å². The molecule has 1 aromatic rings. The van der Waals surface area contributed by atoms with E-state index in [4.69, 9.17) is 10.5 Å². The zero-order chi connectivity index (χ0) is 14.5. The third-order valence-electron chi connectivity index (χ3n) is 1.81. The van der Waals surface area contributed by atoms with E-state index >= 15 is 0 Å². The van der Waals surface area contributed by atoms with Gasteiger partial charge < -0.3 is 10.4 Å². The number of hydrogen-bond donors (Lipinski definition) is 2. The summed E-state index contributed by atoms with van der Waals surface area (Å²) in [6.07, 6.45) is 0.997. The molecule has 0 saturated carbocycles. The molecule has 0 atom stereocenters. The summed E-state index contributed by atoms with van der Waals surface area (Å²) in [5.41, 5.74) is -4.74. The average molecular weight is 285 g/mol. The monoisotopic (exact) mass is 285 g/mol. The Hall–Kier alpha value is -2.32. The smallest absolute Gasteiger partial charge is 0.446 e. The molecule has 8 heteroatoms. The van der Waals surface area contributed by atoms with Crippen LogP contribution in [0.1, 0.15) is 0 Å². The highest BCUT2D eigenvalue weighted by Gasteiger charge is 2.29. The molecule has 0 amide bonds. The first kappa shape index (κ1) is 14.7. The molecule has 0 unspecified atom stereocenters. The minimum absolute atomic E-state index is 0.0303. The number of nitrogens with zero attached hydrogens (tertiary/aromatic N) is 2. The van der Waals surface area contributed by atoms with Crippen LogP contribution in [0.3, 0.4) is 0 Å². The Morgan fingerprint density at radius 1 is 1.32 bits per heavy atom. The van der Waals surface area contributed by atoms with Crippen LogP contribution in [0.15, 0.2) is 34.9 Å². The molecular formula is C11H6F3N3OS. The molecule has 0 aliphatic carbocycles. The fourth-order valence-corrected chi connectivity index (χ4v) is 1.65. The molecule has 0 aliphatic heterocycles. The third kappa shape index (κ3) is 4.82. The number of allylic oxidation sites excluding steroid dienone is 1. The number of alkyl halides is 3. The van der Waals surface area contributed by atoms with Crippen molar-refractivity contribution in [3.05, 3.63) is 30.0 Å². The van der Waals surface area contributed by atoms with Gasteiger partial charge in [0.1, 0.15) is 23.5 Å². The number of rotatable bonds is 3. The highest BCUT2D eigenvalue weighted by molar-refractivity contribution is 8.00. The van der Waals surface area contributed by atoms with Crippen LogP contribution in [0, 0.1) is 22.7 Å². The Labute approximate surface area is 110 Å². The second-order valence-corrected chi connectivity index (χ2v) is 4.29. The van der Waals surface area contributed by atoms with E-state index in [1.165, 1.54) is 0 Å². The number of phenolic OH excluding ortho intramolecular Hbond substituents is 1. The zero-order valence-electron chi connectivity index (χ0n) is 9.19. The number of phenols is 1. The largest absolute Gasteiger partial charge is 0.506 e. The van der Waals surface area contributed by atoms with Crippen LogP contribution >= 0.6 is 11.8 Å². The van der Waals surface area contributed by atoms with E-state index in [1.807, 2.05) is 0 Å². The lowest BCUT2D eigenvalue weighted by atomic mass is 10.3. The van der Waals surface area contributed by atoms with Crippen LogP contribution < -0.4 is 5.32 Å². The quantitative estimate of drug-likeness (QED) is 0.506. The van der Waals surface area contributed by atoms with E-state index in [0.717, 1.165) is 24.4 Å². The molecule has 1 rings (SSSR count). The fraction of sp³-hybridized carbons (Fsp3) is 0.0909. The van der Waals surface area contributed by atoms with Crippen molar-refractivity contribution < 1.29 is 18.3 Å². The molecule has 0 bridgehead atoms. The first-order chi connectivity index (χ1) is 8.85. The van der Waals surface area contributed by atoms with Crippen molar-refractivity contribution in [2.75, 3.05) is 5.32 Å². The number of aromatic hydroxyl groups is 1. The number of benzene rings is 1. The van der Waals surface area contributed by atoms with Crippen LogP contribution in [0.5, 0.6) is 5.75 Å². The highest BCUT2D eigenvalue weighted by Crippen LogP contribution is 2.39. The standard InChI is InChI=1S/C11H6F3N3OS/c12-11(13,14)19-8-1-2-10(18)9(3-8)17-6-7(4-15)5-16/h1-3,6,17-18H. The molecular weight excluding hydrogens is 279 g/mol. The van der Waals surface area contributed by atoms with Crippen molar-refractivity contribution in [3.8, 4) is 17.9 Å². The van der Waals surface area contributed by atoms with Crippen molar-refractivity contribution in [1.29, 1.82) is 10.5 Å². The second kappa shape index (κ2) is 6.03. The molecule has 4 nitrogen and oxygen atoms in total. The summed E-state index contributed by atoms with van der Waals surface area (Å²) >= 11 is -0.332. The van der Waals surface area contributed by atoms with Crippen LogP contribution in [-0.2, 0) is 0 Å². The number of nitriles is 2. The molecule has 0 aromatic heterocycles. The van der Waals surface area contributed by atoms with Gasteiger partial charge in [-0.15, -0.1) is 0 Å². The SMILES string of the molecule is N#CC(C#N)=CNc1cc(SC(F)(F)F)ccc1O. The number of nitrogens with one attached hydrogen (secondary N) is 1. The average Bonchev–Trinajstić information content (AvgIpc) is 2.32. The van der Waals surface area contributed by atoms with E-state index < -0.39 is 5.51 Å². The predicted molar refractivity (Wildman–Crippen MR) is 63.0 cm³/mol. The minimum Gasteiger partial charge on any atom is -0.506 e. The van der Waals surface area contributed by atoms with Crippen molar-refractivity contribution in [3.63, 3.8) is 0 Å². The summed E-state index contributed by atoms with van der Waals surface area (Å²) in [4.78, 5) is -0.128. The van der Waals surface area contributed by atoms with Crippen LogP contribution in [0.2, 0.25) is 0 Å². The second-order valence-electron chi connectivity index (χ2n) is 3.15. The maximum atomic E-state index is 12.2. The van der Waals surface area contributed by atoms with Crippen LogP contribution in [0.25, 0.3) is 0 Å². The summed E-state index contributed by atoms with van der Waals surface area (Å²) in [5.74, 6) is -0.294. The highest BCUT2D eigenvalue weighted by atomic mass is 32.2. The van der Waals surface area contributed by atoms with Gasteiger partial charge >= 0.3 is 5.51 Å². The Morgan fingerprint density at radius 2 is 1.95 bits per heavy atom. The zero-order valence-corrected chi connectivity index (χ0v) is 10.0. The molecule has 1 aromatic carbocycles. The van der Waals surface area contributed by atoms with Gasteiger partial charge in [0.15, 0.2) is 0 Å². The fourth-order valence-electron chi connectivity index (χ4n) is 1.07. The summed E-state index contributed by atoms with van der Waals surface area (Å²) in [6, 6.07) is 6.39. The van der Waals surface area contributed by atoms with Gasteiger partial charge in [0.25, 0.3) is 0 Å². The summed E-state index contributed by atoms with van der Waals surface area (Å²) in [6.45, 7) is 0. The lowest BCUT2D eigenvalue weighted by Gasteiger charge is -2.09. The van der Waals surface area contributed by atoms with E-state index in [1.54, 1.807) is 12.1 Å². The Kier molecular flexibility index (Phi) is 4.67. The van der Waals surface area contributed by atoms with Crippen molar-refractivity contribution >= 4 is 17.4 Å². The molecule has 19 heavy (non-hydrogen) atoms. The molecule has 2 N–H and O–H groups in total. The van der Waals surface area contributed by atoms with E-state index in [-0.39, 0.29) is 33.7 Å². The van der Waals surface area contributed by atoms with Gasteiger partial charge in [-0.2, -0.15) is 23.7 Å². The molecule has 0 saturated heterocycles. The number of thioether (sulfide) groups is 1. The topological polar surface area (TPSA) is 79.8 Å². The van der Waals surface area contributed by atoms with Crippen molar-refractivity contribution in [2.45, 2.75) is 10.4 Å². The Balaban J connectivity index is 2.96. The van der Waals surface area contributed by atoms with E-state index in [0.29, 0.717) is 0 Å². The summed E-state index contributed by atoms with van der Waals surface area (Å²) in [7, 11) is 0. The number of anilines is 1. The summed E-state index contributed by atoms with van der Waals surface area (Å²) in [5, 5.41) is 28.8. The first-order valence-corrected chi connectivity index (χ1v) is 5.53. The lowest BCUT2D eigenvalue weighted by molar-refractivity contribution is -0.0328. The van der Waals surface area contributed by atoms with Gasteiger partial charge in [-0.3, -0.25) is 0 Å².